The number of nitrogens with zero attached hydrogens (tertiary/aromatic N) is 1. The maximum absolute atomic E-state index is 12.5. The minimum Gasteiger partial charge on any atom is -0.496 e. The number of rotatable bonds is 8. The summed E-state index contributed by atoms with van der Waals surface area (Å²) in [5.41, 5.74) is 0.889. The molecule has 0 aliphatic carbocycles. The number of ether oxygens (including phenoxy) is 4. The first kappa shape index (κ1) is 22.5. The molecular weight excluding hydrogens is 398 g/mol. The molecule has 0 N–H and O–H groups in total. The quantitative estimate of drug-likeness (QED) is 0.459. The van der Waals surface area contributed by atoms with Crippen molar-refractivity contribution in [1.29, 1.82) is 0 Å². The summed E-state index contributed by atoms with van der Waals surface area (Å²) < 4.78 is 21.7. The van der Waals surface area contributed by atoms with Crippen molar-refractivity contribution in [3.8, 4) is 11.5 Å². The highest BCUT2D eigenvalue weighted by Gasteiger charge is 2.42. The highest BCUT2D eigenvalue weighted by atomic mass is 16.6. The van der Waals surface area contributed by atoms with Gasteiger partial charge < -0.3 is 18.9 Å². The lowest BCUT2D eigenvalue weighted by Gasteiger charge is -2.21. The number of unbranched alkanes of at least 4 members (excludes halogenated alkanes) is 1. The first-order valence-corrected chi connectivity index (χ1v) is 10.4. The summed E-state index contributed by atoms with van der Waals surface area (Å²) in [5.74, 6) is 0.937. The number of carbonyl (C=O) groups excluding carboxylic acids is 2. The van der Waals surface area contributed by atoms with Gasteiger partial charge in [-0.2, -0.15) is 0 Å². The van der Waals surface area contributed by atoms with E-state index in [9.17, 15) is 9.59 Å². The van der Waals surface area contributed by atoms with Crippen LogP contribution in [0.25, 0.3) is 16.8 Å². The predicted octanol–water partition coefficient (Wildman–Crippen LogP) is 4.42. The van der Waals surface area contributed by atoms with E-state index in [1.54, 1.807) is 13.2 Å². The van der Waals surface area contributed by atoms with Crippen molar-refractivity contribution >= 4 is 28.9 Å². The number of fused-ring (bicyclic) bond motifs is 1. The molecule has 0 bridgehead atoms. The third-order valence-corrected chi connectivity index (χ3v) is 5.38. The van der Waals surface area contributed by atoms with E-state index < -0.39 is 18.1 Å². The van der Waals surface area contributed by atoms with Gasteiger partial charge in [-0.15, -0.1) is 0 Å². The van der Waals surface area contributed by atoms with E-state index >= 15 is 0 Å². The Morgan fingerprint density at radius 2 is 2.00 bits per heavy atom. The first-order valence-electron chi connectivity index (χ1n) is 10.4. The molecule has 2 unspecified atom stereocenters. The molecule has 1 fully saturated rings. The molecule has 1 amide bonds. The molecule has 31 heavy (non-hydrogen) atoms. The van der Waals surface area contributed by atoms with Crippen LogP contribution in [0.5, 0.6) is 11.5 Å². The Labute approximate surface area is 182 Å². The number of carbonyl (C=O) groups is 2. The van der Waals surface area contributed by atoms with Crippen LogP contribution >= 0.6 is 0 Å². The van der Waals surface area contributed by atoms with Gasteiger partial charge in [-0.25, -0.2) is 9.59 Å². The van der Waals surface area contributed by atoms with Gasteiger partial charge in [-0.3, -0.25) is 4.90 Å². The van der Waals surface area contributed by atoms with Crippen LogP contribution in [0.3, 0.4) is 0 Å². The highest BCUT2D eigenvalue weighted by Crippen LogP contribution is 2.31. The van der Waals surface area contributed by atoms with Crippen molar-refractivity contribution in [2.24, 2.45) is 0 Å². The third-order valence-electron chi connectivity index (χ3n) is 5.38. The summed E-state index contributed by atoms with van der Waals surface area (Å²) in [7, 11) is 2.94. The molecule has 7 nitrogen and oxygen atoms in total. The molecule has 1 heterocycles. The molecule has 1 aliphatic rings. The second-order valence-corrected chi connectivity index (χ2v) is 7.44. The molecule has 3 rings (SSSR count). The first-order chi connectivity index (χ1) is 15.0. The Morgan fingerprint density at radius 3 is 2.68 bits per heavy atom. The average molecular weight is 427 g/mol. The van der Waals surface area contributed by atoms with Gasteiger partial charge in [0.1, 0.15) is 23.6 Å². The largest absolute Gasteiger partial charge is 0.496 e. The van der Waals surface area contributed by atoms with Gasteiger partial charge >= 0.3 is 12.1 Å². The standard InChI is InChI=1S/C24H29NO6/c1-5-7-10-30-24(27)25-15-20(14-21(25)23(26)29-4)31-19-9-8-17-13-22(28-3)16(6-2)11-18(17)12-19/h6,8-9,11-13,20-21H,2,5,7,10,14-15H2,1,3-4H3. The lowest BCUT2D eigenvalue weighted by atomic mass is 10.1. The fourth-order valence-corrected chi connectivity index (χ4v) is 3.71. The molecule has 2 aromatic rings. The van der Waals surface area contributed by atoms with Gasteiger partial charge in [0.05, 0.1) is 27.4 Å². The summed E-state index contributed by atoms with van der Waals surface area (Å²) in [6, 6.07) is 8.96. The van der Waals surface area contributed by atoms with Crippen LogP contribution < -0.4 is 9.47 Å². The lowest BCUT2D eigenvalue weighted by molar-refractivity contribution is -0.145. The molecule has 2 aromatic carbocycles. The van der Waals surface area contributed by atoms with E-state index in [1.807, 2.05) is 37.3 Å². The number of esters is 1. The highest BCUT2D eigenvalue weighted by molar-refractivity contribution is 5.88. The molecule has 2 atom stereocenters. The fourth-order valence-electron chi connectivity index (χ4n) is 3.71. The second-order valence-electron chi connectivity index (χ2n) is 7.44. The predicted molar refractivity (Wildman–Crippen MR) is 118 cm³/mol. The molecule has 0 aromatic heterocycles. The Bertz CT molecular complexity index is 956. The zero-order valence-corrected chi connectivity index (χ0v) is 18.3. The molecule has 1 saturated heterocycles. The van der Waals surface area contributed by atoms with E-state index in [-0.39, 0.29) is 12.6 Å². The molecule has 1 aliphatic heterocycles. The van der Waals surface area contributed by atoms with E-state index in [4.69, 9.17) is 18.9 Å². The van der Waals surface area contributed by atoms with Crippen LogP contribution in [0, 0.1) is 0 Å². The van der Waals surface area contributed by atoms with Crippen LogP contribution in [0.2, 0.25) is 0 Å². The molecule has 0 saturated carbocycles. The molecule has 0 spiro atoms. The van der Waals surface area contributed by atoms with Gasteiger partial charge in [0.15, 0.2) is 0 Å². The van der Waals surface area contributed by atoms with Crippen LogP contribution in [0.15, 0.2) is 36.9 Å². The summed E-state index contributed by atoms with van der Waals surface area (Å²) in [6.07, 6.45) is 2.91. The van der Waals surface area contributed by atoms with Crippen LogP contribution in [0.4, 0.5) is 4.79 Å². The van der Waals surface area contributed by atoms with Gasteiger partial charge in [0, 0.05) is 12.0 Å². The van der Waals surface area contributed by atoms with Crippen molar-refractivity contribution in [2.75, 3.05) is 27.4 Å². The average Bonchev–Trinajstić information content (AvgIpc) is 3.21. The number of hydrogen-bond donors (Lipinski definition) is 0. The lowest BCUT2D eigenvalue weighted by Crippen LogP contribution is -2.41. The normalized spacial score (nSPS) is 18.0. The molecular formula is C24H29NO6. The van der Waals surface area contributed by atoms with Crippen molar-refractivity contribution < 1.29 is 28.5 Å². The number of benzene rings is 2. The third kappa shape index (κ3) is 5.10. The van der Waals surface area contributed by atoms with Crippen molar-refractivity contribution in [3.05, 3.63) is 42.5 Å². The smallest absolute Gasteiger partial charge is 0.410 e. The topological polar surface area (TPSA) is 74.3 Å². The van der Waals surface area contributed by atoms with E-state index in [2.05, 4.69) is 6.58 Å². The minimum atomic E-state index is -0.721. The Balaban J connectivity index is 1.76. The van der Waals surface area contributed by atoms with Crippen molar-refractivity contribution in [2.45, 2.75) is 38.3 Å². The minimum absolute atomic E-state index is 0.253. The summed E-state index contributed by atoms with van der Waals surface area (Å²) >= 11 is 0. The molecule has 7 heteroatoms. The van der Waals surface area contributed by atoms with Gasteiger partial charge in [-0.05, 0) is 41.5 Å². The number of hydrogen-bond acceptors (Lipinski definition) is 6. The zero-order valence-electron chi connectivity index (χ0n) is 18.3. The van der Waals surface area contributed by atoms with E-state index in [1.165, 1.54) is 12.0 Å². The van der Waals surface area contributed by atoms with Gasteiger partial charge in [0.25, 0.3) is 0 Å². The van der Waals surface area contributed by atoms with Crippen LogP contribution in [0.1, 0.15) is 31.7 Å². The van der Waals surface area contributed by atoms with E-state index in [0.29, 0.717) is 18.8 Å². The van der Waals surface area contributed by atoms with Crippen molar-refractivity contribution in [1.82, 2.24) is 4.90 Å². The number of methoxy groups -OCH3 is 2. The summed E-state index contributed by atoms with van der Waals surface area (Å²) in [6.45, 7) is 6.43. The number of likely N-dealkylation sites (tertiary alicyclic amines) is 1. The number of amides is 1. The molecule has 0 radical (unpaired) electrons. The Hall–Kier alpha value is -3.22. The maximum Gasteiger partial charge on any atom is 0.410 e. The second kappa shape index (κ2) is 10.2. The fraction of sp³-hybridized carbons (Fsp3) is 0.417. The Kier molecular flexibility index (Phi) is 7.39. The van der Waals surface area contributed by atoms with E-state index in [0.717, 1.165) is 34.9 Å². The zero-order chi connectivity index (χ0) is 22.4. The maximum atomic E-state index is 12.5. The summed E-state index contributed by atoms with van der Waals surface area (Å²) in [4.78, 5) is 26.1. The van der Waals surface area contributed by atoms with Crippen molar-refractivity contribution in [3.63, 3.8) is 0 Å². The molecule has 166 valence electrons. The monoisotopic (exact) mass is 427 g/mol. The van der Waals surface area contributed by atoms with Gasteiger partial charge in [0.2, 0.25) is 0 Å². The SMILES string of the molecule is C=Cc1cc2cc(OC3CC(C(=O)OC)N(C(=O)OCCCC)C3)ccc2cc1OC. The van der Waals surface area contributed by atoms with Crippen LogP contribution in [-0.2, 0) is 14.3 Å². The Morgan fingerprint density at radius 1 is 1.19 bits per heavy atom. The van der Waals surface area contributed by atoms with Gasteiger partial charge in [-0.1, -0.05) is 32.1 Å². The summed E-state index contributed by atoms with van der Waals surface area (Å²) in [5, 5.41) is 1.99. The van der Waals surface area contributed by atoms with Crippen LogP contribution in [-0.4, -0.2) is 56.5 Å².